The largest absolute Gasteiger partial charge is 0.374 e. The lowest BCUT2D eigenvalue weighted by atomic mass is 10.1. The number of nitriles is 1. The number of rotatable bonds is 12. The van der Waals surface area contributed by atoms with Crippen LogP contribution in [0, 0.1) is 11.3 Å². The Morgan fingerprint density at radius 1 is 1.05 bits per heavy atom. The summed E-state index contributed by atoms with van der Waals surface area (Å²) in [5, 5.41) is 9.09. The number of carbonyl (C=O) groups excluding carboxylic acids is 2. The molecule has 13 nitrogen and oxygen atoms in total. The molecule has 2 aromatic rings. The number of methoxy groups -OCH3 is 1. The predicted molar refractivity (Wildman–Crippen MR) is 148 cm³/mol. The number of ether oxygens (including phenoxy) is 2. The summed E-state index contributed by atoms with van der Waals surface area (Å²) >= 11 is 0. The highest BCUT2D eigenvalue weighted by molar-refractivity contribution is 7.44. The lowest BCUT2D eigenvalue weighted by molar-refractivity contribution is -0.0560. The summed E-state index contributed by atoms with van der Waals surface area (Å²) in [6.07, 6.45) is -2.37. The minimum absolute atomic E-state index is 0.00110. The van der Waals surface area contributed by atoms with Crippen molar-refractivity contribution in [2.75, 3.05) is 20.3 Å². The van der Waals surface area contributed by atoms with Gasteiger partial charge in [0, 0.05) is 31.5 Å². The molecule has 0 aliphatic carbocycles. The van der Waals surface area contributed by atoms with Gasteiger partial charge in [0.25, 0.3) is 25.9 Å². The van der Waals surface area contributed by atoms with E-state index in [9.17, 15) is 19.2 Å². The minimum atomic E-state index is -1.78. The van der Waals surface area contributed by atoms with Crippen molar-refractivity contribution in [2.45, 2.75) is 70.7 Å². The van der Waals surface area contributed by atoms with Crippen molar-refractivity contribution in [1.29, 1.82) is 5.26 Å². The van der Waals surface area contributed by atoms with Crippen LogP contribution in [0.1, 0.15) is 61.1 Å². The Bertz CT molecular complexity index is 1380. The average molecular weight is 588 g/mol. The number of hydrogen-bond acceptors (Lipinski definition) is 10. The molecule has 2 aliphatic heterocycles. The lowest BCUT2D eigenvalue weighted by Crippen LogP contribution is -2.45. The van der Waals surface area contributed by atoms with Crippen LogP contribution in [0.5, 0.6) is 0 Å². The fourth-order valence-electron chi connectivity index (χ4n) is 5.07. The summed E-state index contributed by atoms with van der Waals surface area (Å²) in [5.74, 6) is -0.935. The zero-order valence-corrected chi connectivity index (χ0v) is 24.4. The second kappa shape index (κ2) is 13.2. The number of imide groups is 1. The van der Waals surface area contributed by atoms with Crippen LogP contribution in [-0.2, 0) is 18.5 Å². The number of amides is 2. The summed E-state index contributed by atoms with van der Waals surface area (Å²) in [5.41, 5.74) is -0.717. The van der Waals surface area contributed by atoms with Gasteiger partial charge in [0.2, 0.25) is 0 Å². The molecular formula is C27H34N5O8P. The molecule has 2 aliphatic rings. The smallest absolute Gasteiger partial charge is 0.330 e. The van der Waals surface area contributed by atoms with Crippen molar-refractivity contribution in [1.82, 2.24) is 19.1 Å². The second-order valence-electron chi connectivity index (χ2n) is 10.2. The third-order valence-corrected chi connectivity index (χ3v) is 8.93. The van der Waals surface area contributed by atoms with E-state index in [1.165, 1.54) is 23.9 Å². The van der Waals surface area contributed by atoms with Gasteiger partial charge >= 0.3 is 5.69 Å². The zero-order chi connectivity index (χ0) is 29.8. The van der Waals surface area contributed by atoms with E-state index in [2.05, 4.69) is 11.1 Å². The lowest BCUT2D eigenvalue weighted by Gasteiger charge is -2.38. The summed E-state index contributed by atoms with van der Waals surface area (Å²) in [7, 11) is -0.353. The number of benzene rings is 1. The van der Waals surface area contributed by atoms with Crippen LogP contribution < -0.4 is 11.2 Å². The van der Waals surface area contributed by atoms with Crippen LogP contribution in [0.3, 0.4) is 0 Å². The highest BCUT2D eigenvalue weighted by Crippen LogP contribution is 2.50. The molecule has 1 unspecified atom stereocenters. The Hall–Kier alpha value is -3.24. The number of nitrogens with one attached hydrogen (secondary N) is 1. The van der Waals surface area contributed by atoms with Gasteiger partial charge in [0.05, 0.1) is 36.8 Å². The molecule has 0 bridgehead atoms. The molecule has 1 saturated heterocycles. The molecule has 1 fully saturated rings. The molecule has 3 heterocycles. The Labute approximate surface area is 238 Å². The van der Waals surface area contributed by atoms with Gasteiger partial charge in [0.15, 0.2) is 6.23 Å². The van der Waals surface area contributed by atoms with E-state index in [4.69, 9.17) is 23.8 Å². The molecule has 4 rings (SSSR count). The van der Waals surface area contributed by atoms with Crippen LogP contribution in [0.4, 0.5) is 0 Å². The maximum Gasteiger partial charge on any atom is 0.330 e. The fraction of sp³-hybridized carbons (Fsp3) is 0.519. The first kappa shape index (κ1) is 30.7. The van der Waals surface area contributed by atoms with Crippen LogP contribution >= 0.6 is 8.53 Å². The van der Waals surface area contributed by atoms with E-state index in [1.54, 1.807) is 24.3 Å². The standard InChI is InChI=1S/C27H34N5O8P/c1-16(2)32(17(3)4)41(38-14-8-12-28)40-22-20(15-31-24(34)18-9-6-7-10-19(18)25(31)35)39-26(23(22)37-5)30-13-11-21(33)29-27(30)36/h6-7,9-11,13,16-17,20,22-23,26H,8,14-15H2,1-5H3,(H,29,33,36)/t20-,22-,23-,26-,41?/m1/s1. The second-order valence-corrected chi connectivity index (χ2v) is 11.6. The van der Waals surface area contributed by atoms with Gasteiger partial charge in [0.1, 0.15) is 18.3 Å². The Balaban J connectivity index is 1.72. The third kappa shape index (κ3) is 6.33. The van der Waals surface area contributed by atoms with Crippen LogP contribution in [0.25, 0.3) is 0 Å². The van der Waals surface area contributed by atoms with Crippen molar-refractivity contribution in [2.24, 2.45) is 0 Å². The molecule has 2 amide bonds. The van der Waals surface area contributed by atoms with Gasteiger partial charge in [-0.1, -0.05) is 12.1 Å². The van der Waals surface area contributed by atoms with E-state index in [-0.39, 0.29) is 42.8 Å². The van der Waals surface area contributed by atoms with E-state index >= 15 is 0 Å². The quantitative estimate of drug-likeness (QED) is 0.222. The summed E-state index contributed by atoms with van der Waals surface area (Å²) in [4.78, 5) is 54.2. The van der Waals surface area contributed by atoms with E-state index < -0.39 is 56.1 Å². The van der Waals surface area contributed by atoms with Gasteiger partial charge in [-0.05, 0) is 39.8 Å². The predicted octanol–water partition coefficient (Wildman–Crippen LogP) is 2.41. The topological polar surface area (TPSA) is 156 Å². The van der Waals surface area contributed by atoms with Crippen molar-refractivity contribution in [3.63, 3.8) is 0 Å². The highest BCUT2D eigenvalue weighted by atomic mass is 31.2. The first-order valence-electron chi connectivity index (χ1n) is 13.3. The van der Waals surface area contributed by atoms with Crippen molar-refractivity contribution < 1.29 is 28.1 Å². The van der Waals surface area contributed by atoms with E-state index in [0.717, 1.165) is 4.90 Å². The molecular weight excluding hydrogens is 553 g/mol. The Morgan fingerprint density at radius 2 is 1.68 bits per heavy atom. The molecule has 14 heteroatoms. The monoisotopic (exact) mass is 587 g/mol. The number of aromatic nitrogens is 2. The summed E-state index contributed by atoms with van der Waals surface area (Å²) in [6, 6.07) is 9.79. The van der Waals surface area contributed by atoms with Gasteiger partial charge in [-0.3, -0.25) is 28.8 Å². The average Bonchev–Trinajstić information content (AvgIpc) is 3.38. The SMILES string of the molecule is CO[C@@H]1[C@H](OP(OCCC#N)N(C(C)C)C(C)C)[C@@H](CN2C(=O)c3ccccc3C2=O)O[C@H]1n1ccc(=O)[nH]c1=O. The molecule has 220 valence electrons. The van der Waals surface area contributed by atoms with E-state index in [1.807, 2.05) is 32.4 Å². The molecule has 41 heavy (non-hydrogen) atoms. The van der Waals surface area contributed by atoms with Gasteiger partial charge in [-0.25, -0.2) is 9.46 Å². The van der Waals surface area contributed by atoms with Gasteiger partial charge in [-0.2, -0.15) is 5.26 Å². The summed E-state index contributed by atoms with van der Waals surface area (Å²) < 4.78 is 28.0. The van der Waals surface area contributed by atoms with Crippen LogP contribution in [0.2, 0.25) is 0 Å². The van der Waals surface area contributed by atoms with Crippen molar-refractivity contribution in [3.8, 4) is 6.07 Å². The van der Waals surface area contributed by atoms with E-state index in [0.29, 0.717) is 0 Å². The molecule has 0 spiro atoms. The van der Waals surface area contributed by atoms with Crippen molar-refractivity contribution >= 4 is 20.3 Å². The number of carbonyl (C=O) groups is 2. The number of H-pyrrole nitrogens is 1. The number of fused-ring (bicyclic) bond motifs is 1. The molecule has 0 saturated carbocycles. The molecule has 1 aromatic carbocycles. The van der Waals surface area contributed by atoms with Gasteiger partial charge < -0.3 is 18.5 Å². The highest BCUT2D eigenvalue weighted by Gasteiger charge is 2.51. The van der Waals surface area contributed by atoms with Crippen LogP contribution in [0.15, 0.2) is 46.1 Å². The first-order chi connectivity index (χ1) is 19.6. The summed E-state index contributed by atoms with van der Waals surface area (Å²) in [6.45, 7) is 7.90. The number of hydrogen-bond donors (Lipinski definition) is 1. The fourth-order valence-corrected chi connectivity index (χ4v) is 6.84. The molecule has 1 aromatic heterocycles. The Kier molecular flexibility index (Phi) is 9.86. The maximum absolute atomic E-state index is 13.2. The molecule has 5 atom stereocenters. The number of aromatic amines is 1. The maximum atomic E-state index is 13.2. The Morgan fingerprint density at radius 3 is 2.22 bits per heavy atom. The van der Waals surface area contributed by atoms with Gasteiger partial charge in [-0.15, -0.1) is 0 Å². The molecule has 0 radical (unpaired) electrons. The van der Waals surface area contributed by atoms with Crippen molar-refractivity contribution in [3.05, 3.63) is 68.5 Å². The minimum Gasteiger partial charge on any atom is -0.374 e. The first-order valence-corrected chi connectivity index (χ1v) is 14.4. The third-order valence-electron chi connectivity index (χ3n) is 6.80. The normalized spacial score (nSPS) is 23.0. The zero-order valence-electron chi connectivity index (χ0n) is 23.6. The number of nitrogens with zero attached hydrogens (tertiary/aromatic N) is 4. The van der Waals surface area contributed by atoms with Crippen LogP contribution in [-0.4, -0.2) is 81.6 Å². The molecule has 1 N–H and O–H groups in total.